The van der Waals surface area contributed by atoms with E-state index in [2.05, 4.69) is 10.00 Å². The SMILES string of the molecule is COc1ccc(-n2nc(C(F)(F)F)c3c2C(=O)N(c2ccc(C(=O)N(C)C)cc2)CC3)c(C(=O)N2CCC[C@H]2N2CCCC2)c1. The fourth-order valence-corrected chi connectivity index (χ4v) is 6.61. The number of benzene rings is 2. The minimum atomic E-state index is -4.82. The number of hydrogen-bond donors (Lipinski definition) is 0. The molecular formula is C32H35F3N6O4. The number of hydrogen-bond acceptors (Lipinski definition) is 6. The molecular weight excluding hydrogens is 589 g/mol. The summed E-state index contributed by atoms with van der Waals surface area (Å²) < 4.78 is 49.4. The smallest absolute Gasteiger partial charge is 0.435 e. The van der Waals surface area contributed by atoms with E-state index in [9.17, 15) is 27.6 Å². The second-order valence-corrected chi connectivity index (χ2v) is 11.8. The standard InChI is InChI=1S/C32H35F3N6O4/c1-37(2)29(42)20-8-10-21(11-9-20)39-18-14-23-27(31(39)44)41(36-28(23)32(33,34)35)25-13-12-22(45-3)19-24(25)30(43)40-17-6-7-26(40)38-15-4-5-16-38/h8-13,19,26H,4-7,14-18H2,1-3H3/t26-/m0/s1. The van der Waals surface area contributed by atoms with Crippen LogP contribution in [-0.2, 0) is 12.6 Å². The van der Waals surface area contributed by atoms with Crippen LogP contribution in [0.25, 0.3) is 5.69 Å². The van der Waals surface area contributed by atoms with Gasteiger partial charge in [0.2, 0.25) is 0 Å². The first-order chi connectivity index (χ1) is 21.5. The molecule has 10 nitrogen and oxygen atoms in total. The highest BCUT2D eigenvalue weighted by Gasteiger charge is 2.44. The lowest BCUT2D eigenvalue weighted by Gasteiger charge is -2.33. The van der Waals surface area contributed by atoms with Crippen LogP contribution in [0.2, 0.25) is 0 Å². The number of ether oxygens (including phenoxy) is 1. The Morgan fingerprint density at radius 1 is 0.978 bits per heavy atom. The summed E-state index contributed by atoms with van der Waals surface area (Å²) in [6.07, 6.45) is -1.29. The van der Waals surface area contributed by atoms with Crippen LogP contribution >= 0.6 is 0 Å². The maximum absolute atomic E-state index is 14.3. The summed E-state index contributed by atoms with van der Waals surface area (Å²) in [5.41, 5.74) is -0.597. The van der Waals surface area contributed by atoms with Crippen molar-refractivity contribution in [2.24, 2.45) is 0 Å². The predicted molar refractivity (Wildman–Crippen MR) is 160 cm³/mol. The maximum Gasteiger partial charge on any atom is 0.435 e. The molecule has 3 aliphatic heterocycles. The summed E-state index contributed by atoms with van der Waals surface area (Å²) in [4.78, 5) is 47.5. The molecule has 0 unspecified atom stereocenters. The van der Waals surface area contributed by atoms with Gasteiger partial charge in [0.15, 0.2) is 5.69 Å². The molecule has 0 bridgehead atoms. The Morgan fingerprint density at radius 2 is 1.69 bits per heavy atom. The summed E-state index contributed by atoms with van der Waals surface area (Å²) in [7, 11) is 4.70. The zero-order valence-corrected chi connectivity index (χ0v) is 25.4. The van der Waals surface area contributed by atoms with E-state index in [0.717, 1.165) is 43.5 Å². The van der Waals surface area contributed by atoms with Gasteiger partial charge in [0.05, 0.1) is 24.5 Å². The van der Waals surface area contributed by atoms with Crippen molar-refractivity contribution < 1.29 is 32.3 Å². The van der Waals surface area contributed by atoms with Crippen molar-refractivity contribution in [1.82, 2.24) is 24.5 Å². The van der Waals surface area contributed by atoms with E-state index in [1.165, 1.54) is 29.0 Å². The first-order valence-electron chi connectivity index (χ1n) is 15.1. The van der Waals surface area contributed by atoms with Crippen LogP contribution < -0.4 is 9.64 Å². The number of amides is 3. The fourth-order valence-electron chi connectivity index (χ4n) is 6.61. The largest absolute Gasteiger partial charge is 0.497 e. The lowest BCUT2D eigenvalue weighted by Crippen LogP contribution is -2.46. The topological polar surface area (TPSA) is 91.2 Å². The minimum Gasteiger partial charge on any atom is -0.497 e. The molecule has 1 aromatic heterocycles. The third-order valence-electron chi connectivity index (χ3n) is 8.82. The average Bonchev–Trinajstić information content (AvgIpc) is 3.80. The predicted octanol–water partition coefficient (Wildman–Crippen LogP) is 4.46. The van der Waals surface area contributed by atoms with Crippen LogP contribution in [0.3, 0.4) is 0 Å². The van der Waals surface area contributed by atoms with Crippen LogP contribution in [0.15, 0.2) is 42.5 Å². The van der Waals surface area contributed by atoms with Gasteiger partial charge < -0.3 is 19.4 Å². The summed E-state index contributed by atoms with van der Waals surface area (Å²) in [6.45, 7) is 2.27. The molecule has 13 heteroatoms. The van der Waals surface area contributed by atoms with Gasteiger partial charge in [-0.05, 0) is 74.6 Å². The first kappa shape index (κ1) is 30.6. The molecule has 3 amide bonds. The van der Waals surface area contributed by atoms with E-state index in [1.54, 1.807) is 49.3 Å². The number of halogens is 3. The van der Waals surface area contributed by atoms with Gasteiger partial charge in [-0.25, -0.2) is 4.68 Å². The number of methoxy groups -OCH3 is 1. The van der Waals surface area contributed by atoms with Crippen LogP contribution in [0, 0.1) is 0 Å². The number of nitrogens with zero attached hydrogens (tertiary/aromatic N) is 6. The van der Waals surface area contributed by atoms with Gasteiger partial charge in [0.1, 0.15) is 11.4 Å². The van der Waals surface area contributed by atoms with Gasteiger partial charge in [-0.15, -0.1) is 0 Å². The number of fused-ring (bicyclic) bond motifs is 1. The first-order valence-corrected chi connectivity index (χ1v) is 15.1. The third-order valence-corrected chi connectivity index (χ3v) is 8.82. The number of carbonyl (C=O) groups excluding carboxylic acids is 3. The lowest BCUT2D eigenvalue weighted by atomic mass is 10.0. The Hall–Kier alpha value is -4.39. The average molecular weight is 625 g/mol. The molecule has 0 N–H and O–H groups in total. The zero-order valence-electron chi connectivity index (χ0n) is 25.4. The van der Waals surface area contributed by atoms with Crippen LogP contribution in [-0.4, -0.2) is 95.8 Å². The lowest BCUT2D eigenvalue weighted by molar-refractivity contribution is -0.141. The highest BCUT2D eigenvalue weighted by atomic mass is 19.4. The normalized spacial score (nSPS) is 18.8. The molecule has 6 rings (SSSR count). The number of carbonyl (C=O) groups is 3. The molecule has 238 valence electrons. The molecule has 3 aromatic rings. The number of alkyl halides is 3. The Labute approximate surface area is 258 Å². The van der Waals surface area contributed by atoms with Crippen LogP contribution in [0.4, 0.5) is 18.9 Å². The van der Waals surface area contributed by atoms with Gasteiger partial charge in [-0.3, -0.25) is 19.3 Å². The van der Waals surface area contributed by atoms with Gasteiger partial charge >= 0.3 is 6.18 Å². The van der Waals surface area contributed by atoms with Gasteiger partial charge in [-0.1, -0.05) is 0 Å². The zero-order chi connectivity index (χ0) is 32.0. The molecule has 2 aromatic carbocycles. The molecule has 0 radical (unpaired) electrons. The third kappa shape index (κ3) is 5.54. The van der Waals surface area contributed by atoms with Crippen molar-refractivity contribution in [2.45, 2.75) is 44.4 Å². The second-order valence-electron chi connectivity index (χ2n) is 11.8. The summed E-state index contributed by atoms with van der Waals surface area (Å²) in [5.74, 6) is -0.895. The molecule has 4 heterocycles. The second kappa shape index (κ2) is 11.8. The minimum absolute atomic E-state index is 0.0126. The van der Waals surface area contributed by atoms with Crippen LogP contribution in [0.1, 0.15) is 68.1 Å². The Bertz CT molecular complexity index is 1630. The maximum atomic E-state index is 14.3. The van der Waals surface area contributed by atoms with Crippen molar-refractivity contribution in [3.63, 3.8) is 0 Å². The van der Waals surface area contributed by atoms with Gasteiger partial charge in [0.25, 0.3) is 17.7 Å². The molecule has 0 saturated carbocycles. The molecule has 1 atom stereocenters. The Kier molecular flexibility index (Phi) is 8.06. The molecule has 2 saturated heterocycles. The highest BCUT2D eigenvalue weighted by Crippen LogP contribution is 2.38. The van der Waals surface area contributed by atoms with Crippen molar-refractivity contribution >= 4 is 23.4 Å². The number of rotatable bonds is 6. The van der Waals surface area contributed by atoms with E-state index in [4.69, 9.17) is 4.74 Å². The van der Waals surface area contributed by atoms with Crippen molar-refractivity contribution in [3.05, 3.63) is 70.5 Å². The van der Waals surface area contributed by atoms with Crippen molar-refractivity contribution in [3.8, 4) is 11.4 Å². The molecule has 3 aliphatic rings. The molecule has 45 heavy (non-hydrogen) atoms. The molecule has 2 fully saturated rings. The fraction of sp³-hybridized carbons (Fsp3) is 0.438. The van der Waals surface area contributed by atoms with Crippen molar-refractivity contribution in [2.75, 3.05) is 52.3 Å². The van der Waals surface area contributed by atoms with E-state index >= 15 is 0 Å². The summed E-state index contributed by atoms with van der Waals surface area (Å²) >= 11 is 0. The van der Waals surface area contributed by atoms with Gasteiger partial charge in [-0.2, -0.15) is 18.3 Å². The number of aromatic nitrogens is 2. The number of anilines is 1. The van der Waals surface area contributed by atoms with E-state index in [0.29, 0.717) is 23.5 Å². The summed E-state index contributed by atoms with van der Waals surface area (Å²) in [6, 6.07) is 10.9. The van der Waals surface area contributed by atoms with Crippen molar-refractivity contribution in [1.29, 1.82) is 0 Å². The summed E-state index contributed by atoms with van der Waals surface area (Å²) in [5, 5.41) is 3.96. The monoisotopic (exact) mass is 624 g/mol. The Morgan fingerprint density at radius 3 is 2.33 bits per heavy atom. The van der Waals surface area contributed by atoms with E-state index < -0.39 is 17.8 Å². The van der Waals surface area contributed by atoms with E-state index in [1.807, 2.05) is 0 Å². The Balaban J connectivity index is 1.43. The van der Waals surface area contributed by atoms with Gasteiger partial charge in [0, 0.05) is 57.1 Å². The van der Waals surface area contributed by atoms with Crippen LogP contribution in [0.5, 0.6) is 5.75 Å². The highest BCUT2D eigenvalue weighted by molar-refractivity contribution is 6.08. The quantitative estimate of drug-likeness (QED) is 0.403. The van der Waals surface area contributed by atoms with E-state index in [-0.39, 0.29) is 53.5 Å². The number of likely N-dealkylation sites (tertiary alicyclic amines) is 2. The molecule has 0 spiro atoms. The molecule has 0 aliphatic carbocycles.